The van der Waals surface area contributed by atoms with Crippen LogP contribution in [0.25, 0.3) is 0 Å². The molecule has 8 rings (SSSR count). The average Bonchev–Trinajstić information content (AvgIpc) is 4.20. The molecule has 6 heterocycles. The fourth-order valence-corrected chi connectivity index (χ4v) is 12.4. The first-order chi connectivity index (χ1) is 38.6. The number of hydrogen-bond donors (Lipinski definition) is 6. The van der Waals surface area contributed by atoms with E-state index in [-0.39, 0.29) is 45.4 Å². The maximum Gasteiger partial charge on any atom is 0.416 e. The lowest BCUT2D eigenvalue weighted by Gasteiger charge is -2.40. The minimum Gasteiger partial charge on any atom is -0.497 e. The van der Waals surface area contributed by atoms with Gasteiger partial charge in [-0.3, -0.25) is 34.4 Å². The number of aliphatic hydroxyl groups is 2. The summed E-state index contributed by atoms with van der Waals surface area (Å²) in [5, 5.41) is 38.9. The molecule has 0 saturated carbocycles. The molecule has 2 aromatic rings. The zero-order valence-corrected chi connectivity index (χ0v) is 51.2. The molecule has 6 N–H and O–H groups in total. The van der Waals surface area contributed by atoms with Crippen LogP contribution in [0.15, 0.2) is 63.5 Å². The molecule has 0 bridgehead atoms. The van der Waals surface area contributed by atoms with Crippen molar-refractivity contribution >= 4 is 80.8 Å². The van der Waals surface area contributed by atoms with Crippen molar-refractivity contribution in [2.45, 2.75) is 172 Å². The van der Waals surface area contributed by atoms with Gasteiger partial charge < -0.3 is 73.9 Å². The van der Waals surface area contributed by atoms with E-state index in [9.17, 15) is 39.3 Å². The van der Waals surface area contributed by atoms with Gasteiger partial charge >= 0.3 is 18.2 Å². The van der Waals surface area contributed by atoms with E-state index >= 15 is 0 Å². The number of carboxylic acid groups (broad SMARTS) is 1. The molecule has 6 aliphatic heterocycles. The van der Waals surface area contributed by atoms with E-state index in [0.29, 0.717) is 22.1 Å². The van der Waals surface area contributed by atoms with E-state index in [2.05, 4.69) is 25.9 Å². The highest BCUT2D eigenvalue weighted by atomic mass is 32.2. The van der Waals surface area contributed by atoms with Crippen molar-refractivity contribution in [2.75, 3.05) is 49.5 Å². The number of benzene rings is 2. The number of rotatable bonds is 11. The first-order valence-corrected chi connectivity index (χ1v) is 29.1. The number of thioether (sulfide) groups is 3. The molecule has 0 unspecified atom stereocenters. The van der Waals surface area contributed by atoms with E-state index < -0.39 is 106 Å². The molecule has 6 aliphatic rings. The number of ether oxygens (including phenoxy) is 9. The lowest BCUT2D eigenvalue weighted by molar-refractivity contribution is -0.176. The molecule has 28 heteroatoms. The number of carbonyl (C=O) groups excluding carboxylic acids is 4. The van der Waals surface area contributed by atoms with Crippen LogP contribution in [0.3, 0.4) is 0 Å². The van der Waals surface area contributed by atoms with Gasteiger partial charge in [0.25, 0.3) is 5.91 Å². The van der Waals surface area contributed by atoms with Gasteiger partial charge in [-0.1, -0.05) is 88.3 Å². The van der Waals surface area contributed by atoms with E-state index in [1.54, 1.807) is 70.1 Å². The SMILES string of the molecule is C.C.CN=C1N[C@@H]2[C@@H](O)[C@H](O)[C@@H](C(=O)NC)O[C@@H]2S1.CNC(=O)[C@H]1O[C@@H]2SC(N(C)C(=O)OC(C)(C)C)=N[C@@H]2[C@@H](OCc2ccc(OC)cc2)[C@@H]1C.COc1ccc(CO[C@H]2[C@H](C)[C@@H](C(=O)O)O[C@@H]3SC(N(C)C(=O)OC(C)(C)C)=N[C@H]23)cc1. The third-order valence-electron chi connectivity index (χ3n) is 13.4. The third kappa shape index (κ3) is 17.8. The summed E-state index contributed by atoms with van der Waals surface area (Å²) in [5.74, 6) is -0.896. The monoisotopic (exact) mass is 1240 g/mol. The van der Waals surface area contributed by atoms with Gasteiger partial charge in [0.15, 0.2) is 27.7 Å². The second-order valence-corrected chi connectivity index (χ2v) is 24.9. The highest BCUT2D eigenvalue weighted by Gasteiger charge is 2.54. The Bertz CT molecular complexity index is 2640. The van der Waals surface area contributed by atoms with Crippen LogP contribution in [0.4, 0.5) is 9.59 Å². The molecule has 0 radical (unpaired) electrons. The Morgan fingerprint density at radius 1 is 0.643 bits per heavy atom. The molecular formula is C56H86N8O17S3. The predicted octanol–water partition coefficient (Wildman–Crippen LogP) is 5.53. The number of carbonyl (C=O) groups is 5. The first-order valence-electron chi connectivity index (χ1n) is 26.4. The van der Waals surface area contributed by atoms with Gasteiger partial charge in [0.1, 0.15) is 69.4 Å². The Morgan fingerprint density at radius 3 is 1.42 bits per heavy atom. The van der Waals surface area contributed by atoms with E-state index in [0.717, 1.165) is 22.6 Å². The van der Waals surface area contributed by atoms with Crippen LogP contribution < -0.4 is 25.4 Å². The van der Waals surface area contributed by atoms with Crippen molar-refractivity contribution < 1.29 is 81.9 Å². The number of fused-ring (bicyclic) bond motifs is 3. The number of aliphatic imine (C=N–C) groups is 3. The number of amidine groups is 3. The predicted molar refractivity (Wildman–Crippen MR) is 322 cm³/mol. The zero-order valence-electron chi connectivity index (χ0n) is 48.7. The lowest BCUT2D eigenvalue weighted by atomic mass is 9.89. The summed E-state index contributed by atoms with van der Waals surface area (Å²) in [7, 11) is 11.1. The van der Waals surface area contributed by atoms with Crippen molar-refractivity contribution in [2.24, 2.45) is 26.8 Å². The van der Waals surface area contributed by atoms with Crippen molar-refractivity contribution in [1.82, 2.24) is 25.8 Å². The standard InChI is InChI=1S/C23H33N3O6S.C22H30N2O7S.C9H15N3O4S.2CH4/c1-13-17(30-12-14-8-10-15(29-7)11-9-14)16-20(31-18(13)19(27)24-5)33-21(25-16)26(6)22(28)32-23(2,3)4;1-12-16(29-11-13-7-9-14(28-6)10-8-13)15-19(30-17(12)18(25)26)32-20(23-15)24(5)21(27)31-22(2,3)4;1-10-7(15)6-5(14)4(13)3-8(16-6)17-9(11-2)12-3;;/h8-11,13,16-18,20H,12H2,1-7H3,(H,24,27);7-10,12,15-17,19H,11H2,1-6H3,(H,25,26);3-6,8,13-14H,1-2H3,(H,10,15)(H,11,12);2*1H4/t13-,16+,17-,18-,20+;12-,15+,16-,17-,19+;3-,4-,5+,6+,8-;;/m001../s1. The topological polar surface area (TPSA) is 309 Å². The quantitative estimate of drug-likeness (QED) is 0.161. The molecule has 2 aromatic carbocycles. The maximum absolute atomic E-state index is 12.5. The summed E-state index contributed by atoms with van der Waals surface area (Å²) >= 11 is 3.80. The summed E-state index contributed by atoms with van der Waals surface area (Å²) in [6, 6.07) is 13.8. The van der Waals surface area contributed by atoms with Crippen LogP contribution in [0.1, 0.15) is 81.4 Å². The summed E-state index contributed by atoms with van der Waals surface area (Å²) in [6.07, 6.45) is -7.03. The molecule has 470 valence electrons. The van der Waals surface area contributed by atoms with Crippen LogP contribution in [0, 0.1) is 11.8 Å². The van der Waals surface area contributed by atoms with Gasteiger partial charge in [-0.15, -0.1) is 0 Å². The lowest BCUT2D eigenvalue weighted by Crippen LogP contribution is -2.62. The fourth-order valence-electron chi connectivity index (χ4n) is 9.04. The van der Waals surface area contributed by atoms with Crippen LogP contribution >= 0.6 is 35.3 Å². The Balaban J connectivity index is 0.000000280. The van der Waals surface area contributed by atoms with Gasteiger partial charge in [0.05, 0.1) is 45.7 Å². The van der Waals surface area contributed by atoms with Gasteiger partial charge in [-0.05, 0) is 76.9 Å². The number of carboxylic acids is 1. The van der Waals surface area contributed by atoms with Crippen LogP contribution in [-0.2, 0) is 60.8 Å². The van der Waals surface area contributed by atoms with Crippen molar-refractivity contribution in [3.63, 3.8) is 0 Å². The van der Waals surface area contributed by atoms with Crippen LogP contribution in [-0.4, -0.2) is 208 Å². The molecule has 0 aliphatic carbocycles. The van der Waals surface area contributed by atoms with Gasteiger partial charge in [0.2, 0.25) is 5.91 Å². The fraction of sp³-hybridized carbons (Fsp3) is 0.643. The highest BCUT2D eigenvalue weighted by molar-refractivity contribution is 8.15. The second-order valence-electron chi connectivity index (χ2n) is 21.7. The number of aliphatic hydroxyl groups excluding tert-OH is 2. The van der Waals surface area contributed by atoms with Crippen molar-refractivity contribution in [3.8, 4) is 11.5 Å². The summed E-state index contributed by atoms with van der Waals surface area (Å²) < 4.78 is 51.2. The van der Waals surface area contributed by atoms with E-state index in [1.165, 1.54) is 52.1 Å². The van der Waals surface area contributed by atoms with Gasteiger partial charge in [-0.25, -0.2) is 14.4 Å². The van der Waals surface area contributed by atoms with Crippen molar-refractivity contribution in [3.05, 3.63) is 59.7 Å². The van der Waals surface area contributed by atoms with E-state index in [4.69, 9.17) is 47.6 Å². The number of amides is 4. The maximum atomic E-state index is 12.5. The number of likely N-dealkylation sites (N-methyl/N-ethyl adjacent to an activating group) is 2. The van der Waals surface area contributed by atoms with Crippen LogP contribution in [0.5, 0.6) is 11.5 Å². The molecule has 4 saturated heterocycles. The van der Waals surface area contributed by atoms with Gasteiger partial charge in [-0.2, -0.15) is 0 Å². The van der Waals surface area contributed by atoms with E-state index in [1.807, 2.05) is 76.2 Å². The number of aliphatic carboxylic acids is 1. The van der Waals surface area contributed by atoms with Crippen LogP contribution in [0.2, 0.25) is 0 Å². The highest BCUT2D eigenvalue weighted by Crippen LogP contribution is 2.43. The zero-order chi connectivity index (χ0) is 60.5. The number of hydrogen-bond acceptors (Lipinski definition) is 22. The molecule has 4 amide bonds. The Hall–Kier alpha value is -5.43. The number of methoxy groups -OCH3 is 2. The smallest absolute Gasteiger partial charge is 0.416 e. The largest absolute Gasteiger partial charge is 0.497 e. The average molecular weight is 1240 g/mol. The van der Waals surface area contributed by atoms with Crippen molar-refractivity contribution in [1.29, 1.82) is 0 Å². The Morgan fingerprint density at radius 2 is 1.04 bits per heavy atom. The number of nitrogens with zero attached hydrogens (tertiary/aromatic N) is 5. The molecular weight excluding hydrogens is 1150 g/mol. The first kappa shape index (κ1) is 71.1. The molecule has 0 spiro atoms. The Kier molecular flexibility index (Phi) is 26.0. The molecule has 84 heavy (non-hydrogen) atoms. The number of nitrogens with one attached hydrogen (secondary N) is 3. The minimum atomic E-state index is -1.25. The van der Waals surface area contributed by atoms with Gasteiger partial charge in [0, 0.05) is 47.1 Å². The molecule has 4 fully saturated rings. The molecule has 15 atom stereocenters. The third-order valence-corrected chi connectivity index (χ3v) is 17.0. The normalized spacial score (nSPS) is 29.6. The summed E-state index contributed by atoms with van der Waals surface area (Å²) in [5.41, 5.74) is -0.823. The summed E-state index contributed by atoms with van der Waals surface area (Å²) in [6.45, 7) is 15.1. The second kappa shape index (κ2) is 30.8. The molecule has 25 nitrogen and oxygen atoms in total. The molecule has 0 aromatic heterocycles. The summed E-state index contributed by atoms with van der Waals surface area (Å²) in [4.78, 5) is 76.9. The minimum absolute atomic E-state index is 0. The Labute approximate surface area is 505 Å².